The SMILES string of the molecule is CCOC(=O)C(OC(=O)CC(O)(CC(=O)O)C(=O)O)(C(=O)OCC)C(=O)OCC. The van der Waals surface area contributed by atoms with Gasteiger partial charge in [0.05, 0.1) is 32.7 Å². The van der Waals surface area contributed by atoms with Crippen LogP contribution < -0.4 is 0 Å². The van der Waals surface area contributed by atoms with Crippen molar-refractivity contribution in [2.75, 3.05) is 19.8 Å². The minimum Gasteiger partial charge on any atom is -0.481 e. The second-order valence-electron chi connectivity index (χ2n) is 5.40. The van der Waals surface area contributed by atoms with E-state index >= 15 is 0 Å². The van der Waals surface area contributed by atoms with E-state index in [1.807, 2.05) is 0 Å². The summed E-state index contributed by atoms with van der Waals surface area (Å²) in [6.45, 7) is 2.89. The van der Waals surface area contributed by atoms with Crippen LogP contribution in [-0.2, 0) is 47.7 Å². The largest absolute Gasteiger partial charge is 0.481 e. The Balaban J connectivity index is 6.12. The number of ether oxygens (including phenoxy) is 4. The molecular weight excluding hydrogens is 400 g/mol. The highest BCUT2D eigenvalue weighted by atomic mass is 16.7. The molecule has 1 unspecified atom stereocenters. The van der Waals surface area contributed by atoms with Gasteiger partial charge in [-0.15, -0.1) is 0 Å². The summed E-state index contributed by atoms with van der Waals surface area (Å²) in [6.07, 6.45) is -2.93. The summed E-state index contributed by atoms with van der Waals surface area (Å²) in [5, 5.41) is 27.7. The molecule has 0 aromatic rings. The summed E-state index contributed by atoms with van der Waals surface area (Å²) in [7, 11) is 0. The standard InChI is InChI=1S/C16H22O13/c1-4-26-12(22)16(13(23)27-5-2,14(24)28-6-3)29-10(19)8-15(25,11(20)21)7-9(17)18/h25H,4-8H2,1-3H3,(H,17,18)(H,20,21). The lowest BCUT2D eigenvalue weighted by molar-refractivity contribution is -0.208. The van der Waals surface area contributed by atoms with Crippen LogP contribution in [0.4, 0.5) is 0 Å². The van der Waals surface area contributed by atoms with Crippen molar-refractivity contribution in [2.24, 2.45) is 0 Å². The number of rotatable bonds is 12. The molecule has 164 valence electrons. The molecule has 3 N–H and O–H groups in total. The Kier molecular flexibility index (Phi) is 9.73. The summed E-state index contributed by atoms with van der Waals surface area (Å²) < 4.78 is 18.4. The first-order valence-electron chi connectivity index (χ1n) is 8.32. The molecule has 13 nitrogen and oxygen atoms in total. The molecule has 0 saturated carbocycles. The van der Waals surface area contributed by atoms with Gasteiger partial charge in [-0.1, -0.05) is 0 Å². The molecule has 0 aromatic heterocycles. The van der Waals surface area contributed by atoms with E-state index in [1.54, 1.807) is 0 Å². The van der Waals surface area contributed by atoms with Crippen LogP contribution in [0.15, 0.2) is 0 Å². The van der Waals surface area contributed by atoms with Gasteiger partial charge < -0.3 is 34.3 Å². The lowest BCUT2D eigenvalue weighted by atomic mass is 9.95. The summed E-state index contributed by atoms with van der Waals surface area (Å²) in [6, 6.07) is 0. The lowest BCUT2D eigenvalue weighted by Gasteiger charge is -2.28. The van der Waals surface area contributed by atoms with Crippen LogP contribution >= 0.6 is 0 Å². The molecule has 13 heteroatoms. The van der Waals surface area contributed by atoms with Crippen LogP contribution in [0.5, 0.6) is 0 Å². The number of hydrogen-bond donors (Lipinski definition) is 3. The van der Waals surface area contributed by atoms with Crippen LogP contribution in [0.2, 0.25) is 0 Å². The third-order valence-electron chi connectivity index (χ3n) is 3.23. The fourth-order valence-electron chi connectivity index (χ4n) is 1.98. The van der Waals surface area contributed by atoms with Crippen molar-refractivity contribution in [2.45, 2.75) is 44.8 Å². The Labute approximate surface area is 164 Å². The third-order valence-corrected chi connectivity index (χ3v) is 3.23. The van der Waals surface area contributed by atoms with Crippen LogP contribution in [-0.4, -0.2) is 82.2 Å². The third kappa shape index (κ3) is 6.41. The Morgan fingerprint density at radius 2 is 1.10 bits per heavy atom. The Morgan fingerprint density at radius 3 is 1.38 bits per heavy atom. The van der Waals surface area contributed by atoms with Crippen LogP contribution in [0.25, 0.3) is 0 Å². The Morgan fingerprint density at radius 1 is 0.724 bits per heavy atom. The van der Waals surface area contributed by atoms with Gasteiger partial charge in [0.15, 0.2) is 5.60 Å². The van der Waals surface area contributed by atoms with Crippen molar-refractivity contribution in [3.63, 3.8) is 0 Å². The molecular formula is C16H22O13. The minimum atomic E-state index is -3.39. The molecule has 0 aliphatic rings. The van der Waals surface area contributed by atoms with E-state index in [1.165, 1.54) is 20.8 Å². The van der Waals surface area contributed by atoms with Crippen molar-refractivity contribution in [1.82, 2.24) is 0 Å². The zero-order valence-corrected chi connectivity index (χ0v) is 16.0. The smallest absolute Gasteiger partial charge is 0.400 e. The van der Waals surface area contributed by atoms with Gasteiger partial charge in [0, 0.05) is 0 Å². The number of carboxylic acids is 2. The summed E-state index contributed by atoms with van der Waals surface area (Å²) in [5.74, 6) is -10.7. The molecule has 0 aromatic carbocycles. The van der Waals surface area contributed by atoms with Gasteiger partial charge >= 0.3 is 41.4 Å². The molecule has 1 atom stereocenters. The second-order valence-corrected chi connectivity index (χ2v) is 5.40. The van der Waals surface area contributed by atoms with E-state index in [2.05, 4.69) is 18.9 Å². The highest BCUT2D eigenvalue weighted by molar-refractivity contribution is 6.23. The van der Waals surface area contributed by atoms with E-state index in [0.29, 0.717) is 0 Å². The van der Waals surface area contributed by atoms with Gasteiger partial charge in [0.2, 0.25) is 0 Å². The second kappa shape index (κ2) is 10.9. The van der Waals surface area contributed by atoms with Crippen molar-refractivity contribution in [3.8, 4) is 0 Å². The molecule has 0 heterocycles. The zero-order valence-electron chi connectivity index (χ0n) is 16.0. The molecule has 0 amide bonds. The van der Waals surface area contributed by atoms with E-state index in [9.17, 15) is 33.9 Å². The van der Waals surface area contributed by atoms with Crippen molar-refractivity contribution >= 4 is 35.8 Å². The monoisotopic (exact) mass is 422 g/mol. The number of hydrogen-bond acceptors (Lipinski definition) is 11. The van der Waals surface area contributed by atoms with Gasteiger partial charge in [0.1, 0.15) is 0 Å². The van der Waals surface area contributed by atoms with Gasteiger partial charge in [-0.05, 0) is 20.8 Å². The number of aliphatic hydroxyl groups is 1. The first kappa shape index (κ1) is 25.8. The normalized spacial score (nSPS) is 12.8. The molecule has 0 rings (SSSR count). The van der Waals surface area contributed by atoms with E-state index < -0.39 is 59.9 Å². The molecule has 0 bridgehead atoms. The highest BCUT2D eigenvalue weighted by Gasteiger charge is 2.62. The molecule has 29 heavy (non-hydrogen) atoms. The first-order chi connectivity index (χ1) is 13.4. The predicted octanol–water partition coefficient (Wildman–Crippen LogP) is -1.36. The Hall–Kier alpha value is -3.22. The lowest BCUT2D eigenvalue weighted by Crippen LogP contribution is -2.59. The van der Waals surface area contributed by atoms with Crippen LogP contribution in [0.1, 0.15) is 33.6 Å². The average molecular weight is 422 g/mol. The molecule has 0 spiro atoms. The number of aliphatic carboxylic acids is 2. The molecule has 0 saturated heterocycles. The number of carboxylic acid groups (broad SMARTS) is 2. The maximum atomic E-state index is 12.3. The maximum Gasteiger partial charge on any atom is 0.400 e. The van der Waals surface area contributed by atoms with Gasteiger partial charge in [0.25, 0.3) is 0 Å². The maximum absolute atomic E-state index is 12.3. The van der Waals surface area contributed by atoms with Gasteiger partial charge in [-0.3, -0.25) is 9.59 Å². The Bertz CT molecular complexity index is 622. The van der Waals surface area contributed by atoms with Crippen molar-refractivity contribution < 1.29 is 63.0 Å². The average Bonchev–Trinajstić information content (AvgIpc) is 2.59. The van der Waals surface area contributed by atoms with Gasteiger partial charge in [-0.2, -0.15) is 0 Å². The fraction of sp³-hybridized carbons (Fsp3) is 0.625. The summed E-state index contributed by atoms with van der Waals surface area (Å²) in [5.41, 5.74) is -6.53. The topological polar surface area (TPSA) is 200 Å². The number of carbonyl (C=O) groups is 6. The summed E-state index contributed by atoms with van der Waals surface area (Å²) in [4.78, 5) is 71.2. The fourth-order valence-corrected chi connectivity index (χ4v) is 1.98. The number of esters is 4. The summed E-state index contributed by atoms with van der Waals surface area (Å²) >= 11 is 0. The minimum absolute atomic E-state index is 0.352. The van der Waals surface area contributed by atoms with Crippen LogP contribution in [0.3, 0.4) is 0 Å². The molecule has 0 fully saturated rings. The van der Waals surface area contributed by atoms with E-state index in [0.717, 1.165) is 0 Å². The van der Waals surface area contributed by atoms with Crippen molar-refractivity contribution in [1.29, 1.82) is 0 Å². The highest BCUT2D eigenvalue weighted by Crippen LogP contribution is 2.24. The van der Waals surface area contributed by atoms with E-state index in [4.69, 9.17) is 10.2 Å². The van der Waals surface area contributed by atoms with Crippen molar-refractivity contribution in [3.05, 3.63) is 0 Å². The van der Waals surface area contributed by atoms with E-state index in [-0.39, 0.29) is 19.8 Å². The zero-order chi connectivity index (χ0) is 22.8. The quantitative estimate of drug-likeness (QED) is 0.189. The molecule has 0 aliphatic carbocycles. The molecule has 0 aliphatic heterocycles. The number of carbonyl (C=O) groups excluding carboxylic acids is 4. The van der Waals surface area contributed by atoms with Crippen LogP contribution in [0, 0.1) is 0 Å². The predicted molar refractivity (Wildman–Crippen MR) is 88.2 cm³/mol. The molecule has 0 radical (unpaired) electrons. The van der Waals surface area contributed by atoms with Gasteiger partial charge in [-0.25, -0.2) is 19.2 Å². The first-order valence-corrected chi connectivity index (χ1v) is 8.32.